The molecule has 0 spiro atoms. The van der Waals surface area contributed by atoms with E-state index in [1.165, 1.54) is 27.7 Å². The first-order valence-corrected chi connectivity index (χ1v) is 9.42. The fourth-order valence-electron chi connectivity index (χ4n) is 2.11. The van der Waals surface area contributed by atoms with Crippen LogP contribution in [0.5, 0.6) is 0 Å². The molecule has 1 unspecified atom stereocenters. The molecule has 0 saturated heterocycles. The highest BCUT2D eigenvalue weighted by atomic mass is 32.2. The minimum atomic E-state index is -6.20. The number of esters is 1. The molecule has 170 valence electrons. The summed E-state index contributed by atoms with van der Waals surface area (Å²) in [6, 6.07) is -1.86. The Bertz CT molecular complexity index is 741. The number of nitrogens with zero attached hydrogens (tertiary/aromatic N) is 1. The number of carbonyl (C=O) groups excluding carboxylic acids is 2. The Hall–Kier alpha value is -1.80. The smallest absolute Gasteiger partial charge is 0.412 e. The van der Waals surface area contributed by atoms with Crippen molar-refractivity contribution in [3.05, 3.63) is 12.2 Å². The molecule has 0 heterocycles. The maximum atomic E-state index is 13.9. The van der Waals surface area contributed by atoms with Crippen LogP contribution < -0.4 is 0 Å². The van der Waals surface area contributed by atoms with Crippen LogP contribution in [0.15, 0.2) is 12.2 Å². The molecule has 1 atom stereocenters. The Morgan fingerprint density at radius 3 is 1.76 bits per heavy atom. The van der Waals surface area contributed by atoms with Gasteiger partial charge in [-0.3, -0.25) is 9.35 Å². The van der Waals surface area contributed by atoms with Crippen molar-refractivity contribution >= 4 is 22.0 Å². The lowest BCUT2D eigenvalue weighted by molar-refractivity contribution is -0.356. The Morgan fingerprint density at radius 2 is 1.48 bits per heavy atom. The van der Waals surface area contributed by atoms with Crippen LogP contribution in [0.1, 0.15) is 34.6 Å². The van der Waals surface area contributed by atoms with E-state index in [4.69, 9.17) is 4.55 Å². The van der Waals surface area contributed by atoms with Gasteiger partial charge < -0.3 is 14.4 Å². The van der Waals surface area contributed by atoms with E-state index >= 15 is 0 Å². The molecule has 0 aliphatic heterocycles. The van der Waals surface area contributed by atoms with Gasteiger partial charge in [-0.15, -0.1) is 0 Å². The van der Waals surface area contributed by atoms with Gasteiger partial charge in [0.2, 0.25) is 0 Å². The van der Waals surface area contributed by atoms with E-state index < -0.39 is 63.5 Å². The maximum absolute atomic E-state index is 13.9. The van der Waals surface area contributed by atoms with Crippen molar-refractivity contribution in [2.24, 2.45) is 0 Å². The van der Waals surface area contributed by atoms with Crippen molar-refractivity contribution in [1.29, 1.82) is 0 Å². The molecule has 0 radical (unpaired) electrons. The summed E-state index contributed by atoms with van der Waals surface area (Å²) in [7, 11) is -6.20. The fraction of sp³-hybridized carbons (Fsp3) is 0.733. The van der Waals surface area contributed by atoms with Crippen LogP contribution in [0, 0.1) is 0 Å². The summed E-state index contributed by atoms with van der Waals surface area (Å²) >= 11 is 0. The molecule has 0 aliphatic carbocycles. The summed E-state index contributed by atoms with van der Waals surface area (Å²) in [5.41, 5.74) is -0.628. The highest BCUT2D eigenvalue weighted by molar-refractivity contribution is 7.86. The van der Waals surface area contributed by atoms with E-state index in [1.54, 1.807) is 0 Å². The summed E-state index contributed by atoms with van der Waals surface area (Å²) < 4.78 is 107. The van der Waals surface area contributed by atoms with Crippen LogP contribution in [0.3, 0.4) is 0 Å². The third kappa shape index (κ3) is 6.09. The number of amides is 1. The van der Waals surface area contributed by atoms with Crippen molar-refractivity contribution in [1.82, 2.24) is 4.90 Å². The third-order valence-corrected chi connectivity index (χ3v) is 4.28. The Balaban J connectivity index is 6.61. The standard InChI is InChI=1S/C15H22F5NO7S/c1-8(2)11(22)28-14(15(18,19)20,12(23)21(9(3)4)10(5)6)27-7-13(16,17)29(24,25)26/h9-10H,1,7H2,2-6H3,(H,24,25,26). The van der Waals surface area contributed by atoms with E-state index in [2.05, 4.69) is 16.1 Å². The quantitative estimate of drug-likeness (QED) is 0.187. The van der Waals surface area contributed by atoms with Gasteiger partial charge in [0.1, 0.15) is 6.61 Å². The summed E-state index contributed by atoms with van der Waals surface area (Å²) in [5.74, 6) is -8.50. The van der Waals surface area contributed by atoms with Crippen molar-refractivity contribution < 1.29 is 54.0 Å². The third-order valence-electron chi connectivity index (χ3n) is 3.41. The zero-order chi connectivity index (χ0) is 23.6. The predicted molar refractivity (Wildman–Crippen MR) is 89.3 cm³/mol. The molecular formula is C15H22F5NO7S. The van der Waals surface area contributed by atoms with Crippen LogP contribution in [-0.2, 0) is 29.2 Å². The first kappa shape index (κ1) is 27.2. The molecular weight excluding hydrogens is 433 g/mol. The molecule has 0 saturated carbocycles. The summed E-state index contributed by atoms with van der Waals surface area (Å²) in [6.45, 7) is 6.52. The van der Waals surface area contributed by atoms with E-state index in [1.807, 2.05) is 0 Å². The Morgan fingerprint density at radius 1 is 1.07 bits per heavy atom. The van der Waals surface area contributed by atoms with Gasteiger partial charge in [-0.05, 0) is 34.6 Å². The number of halogens is 5. The molecule has 29 heavy (non-hydrogen) atoms. The van der Waals surface area contributed by atoms with E-state index in [0.29, 0.717) is 4.90 Å². The van der Waals surface area contributed by atoms with E-state index in [-0.39, 0.29) is 0 Å². The minimum Gasteiger partial charge on any atom is -0.412 e. The monoisotopic (exact) mass is 455 g/mol. The van der Waals surface area contributed by atoms with Gasteiger partial charge in [-0.25, -0.2) is 4.79 Å². The number of hydrogen-bond donors (Lipinski definition) is 1. The number of rotatable bonds is 9. The molecule has 0 aromatic rings. The molecule has 14 heteroatoms. The van der Waals surface area contributed by atoms with Crippen LogP contribution in [0.4, 0.5) is 22.0 Å². The topological polar surface area (TPSA) is 110 Å². The number of carbonyl (C=O) groups is 2. The summed E-state index contributed by atoms with van der Waals surface area (Å²) in [4.78, 5) is 25.0. The predicted octanol–water partition coefficient (Wildman–Crippen LogP) is 2.51. The lowest BCUT2D eigenvalue weighted by Gasteiger charge is -2.40. The van der Waals surface area contributed by atoms with Gasteiger partial charge in [0.05, 0.1) is 0 Å². The van der Waals surface area contributed by atoms with Gasteiger partial charge >= 0.3 is 39.2 Å². The lowest BCUT2D eigenvalue weighted by Crippen LogP contribution is -2.65. The average Bonchev–Trinajstić information content (AvgIpc) is 2.47. The van der Waals surface area contributed by atoms with Crippen molar-refractivity contribution in [2.45, 2.75) is 63.9 Å². The Labute approximate surface area is 164 Å². The van der Waals surface area contributed by atoms with E-state index in [0.717, 1.165) is 6.92 Å². The van der Waals surface area contributed by atoms with Gasteiger partial charge in [-0.2, -0.15) is 30.4 Å². The largest absolute Gasteiger partial charge is 0.466 e. The summed E-state index contributed by atoms with van der Waals surface area (Å²) in [5, 5.41) is -5.24. The van der Waals surface area contributed by atoms with Gasteiger partial charge in [0.25, 0.3) is 0 Å². The second-order valence-electron chi connectivity index (χ2n) is 6.59. The molecule has 1 N–H and O–H groups in total. The fourth-order valence-corrected chi connectivity index (χ4v) is 2.32. The number of alkyl halides is 5. The van der Waals surface area contributed by atoms with Crippen molar-refractivity contribution in [2.75, 3.05) is 6.61 Å². The summed E-state index contributed by atoms with van der Waals surface area (Å²) in [6.07, 6.45) is -5.91. The molecule has 0 aromatic carbocycles. The van der Waals surface area contributed by atoms with Crippen molar-refractivity contribution in [3.8, 4) is 0 Å². The highest BCUT2D eigenvalue weighted by Gasteiger charge is 2.69. The number of hydrogen-bond acceptors (Lipinski definition) is 6. The van der Waals surface area contributed by atoms with Crippen LogP contribution in [-0.4, -0.2) is 65.7 Å². The number of ether oxygens (including phenoxy) is 2. The second kappa shape index (κ2) is 8.92. The Kier molecular flexibility index (Phi) is 8.36. The SMILES string of the molecule is C=C(C)C(=O)OC(OCC(F)(F)S(=O)(=O)O)(C(=O)N(C(C)C)C(C)C)C(F)(F)F. The molecule has 0 rings (SSSR count). The first-order valence-electron chi connectivity index (χ1n) is 7.98. The zero-order valence-corrected chi connectivity index (χ0v) is 17.0. The van der Waals surface area contributed by atoms with Gasteiger partial charge in [0, 0.05) is 17.7 Å². The lowest BCUT2D eigenvalue weighted by atomic mass is 10.1. The molecule has 0 fully saturated rings. The zero-order valence-electron chi connectivity index (χ0n) is 16.2. The molecule has 1 amide bonds. The normalized spacial score (nSPS) is 15.2. The van der Waals surface area contributed by atoms with Gasteiger partial charge in [-0.1, -0.05) is 6.58 Å². The van der Waals surface area contributed by atoms with Crippen molar-refractivity contribution in [3.63, 3.8) is 0 Å². The molecule has 8 nitrogen and oxygen atoms in total. The minimum absolute atomic E-state index is 0.546. The average molecular weight is 455 g/mol. The van der Waals surface area contributed by atoms with Crippen LogP contribution >= 0.6 is 0 Å². The molecule has 0 bridgehead atoms. The molecule has 0 aliphatic rings. The van der Waals surface area contributed by atoms with E-state index in [9.17, 15) is 40.0 Å². The van der Waals surface area contributed by atoms with Crippen LogP contribution in [0.2, 0.25) is 0 Å². The highest BCUT2D eigenvalue weighted by Crippen LogP contribution is 2.39. The van der Waals surface area contributed by atoms with Crippen LogP contribution in [0.25, 0.3) is 0 Å². The second-order valence-corrected chi connectivity index (χ2v) is 8.13. The molecule has 0 aromatic heterocycles. The maximum Gasteiger partial charge on any atom is 0.466 e. The van der Waals surface area contributed by atoms with Gasteiger partial charge in [0.15, 0.2) is 0 Å². The first-order chi connectivity index (χ1) is 12.7.